The van der Waals surface area contributed by atoms with Crippen molar-refractivity contribution in [3.63, 3.8) is 0 Å². The third-order valence-electron chi connectivity index (χ3n) is 3.83. The van der Waals surface area contributed by atoms with Gasteiger partial charge in [-0.2, -0.15) is 0 Å². The van der Waals surface area contributed by atoms with Gasteiger partial charge in [-0.05, 0) is 49.0 Å². The van der Waals surface area contributed by atoms with Crippen molar-refractivity contribution in [2.45, 2.75) is 18.9 Å². The molecule has 0 aliphatic heterocycles. The Labute approximate surface area is 122 Å². The van der Waals surface area contributed by atoms with E-state index < -0.39 is 0 Å². The fraction of sp³-hybridized carbons (Fsp3) is 0.357. The van der Waals surface area contributed by atoms with Gasteiger partial charge in [0.2, 0.25) is 0 Å². The summed E-state index contributed by atoms with van der Waals surface area (Å²) in [7, 11) is 0. The lowest BCUT2D eigenvalue weighted by molar-refractivity contribution is 0.0943. The lowest BCUT2D eigenvalue weighted by Crippen LogP contribution is -2.50. The number of carbonyl (C=O) groups excluding carboxylic acids is 1. The molecule has 1 heterocycles. The third kappa shape index (κ3) is 2.80. The zero-order valence-electron chi connectivity index (χ0n) is 10.9. The first-order valence-electron chi connectivity index (χ1n) is 6.67. The maximum absolute atomic E-state index is 11.8. The number of allylic oxidation sites excluding steroid dienone is 1. The highest BCUT2D eigenvalue weighted by Gasteiger charge is 2.35. The molecule has 1 aromatic heterocycles. The lowest BCUT2D eigenvalue weighted by Gasteiger charge is -2.21. The summed E-state index contributed by atoms with van der Waals surface area (Å²) in [4.78, 5) is 15.7. The van der Waals surface area contributed by atoms with E-state index in [4.69, 9.17) is 12.2 Å². The molecule has 104 valence electrons. The molecule has 2 aliphatic carbocycles. The molecule has 1 fully saturated rings. The Balaban J connectivity index is 1.46. The van der Waals surface area contributed by atoms with Crippen molar-refractivity contribution in [2.24, 2.45) is 11.8 Å². The molecule has 1 amide bonds. The monoisotopic (exact) mass is 288 g/mol. The Morgan fingerprint density at radius 1 is 1.20 bits per heavy atom. The summed E-state index contributed by atoms with van der Waals surface area (Å²) in [6.45, 7) is 0. The second kappa shape index (κ2) is 5.58. The number of thiocarbonyl (C=S) groups is 1. The van der Waals surface area contributed by atoms with Gasteiger partial charge in [-0.15, -0.1) is 0 Å². The molecule has 2 aliphatic rings. The number of amides is 1. The van der Waals surface area contributed by atoms with E-state index in [0.29, 0.717) is 28.6 Å². The number of hydrazine groups is 1. The second-order valence-electron chi connectivity index (χ2n) is 5.18. The van der Waals surface area contributed by atoms with E-state index in [-0.39, 0.29) is 5.91 Å². The van der Waals surface area contributed by atoms with E-state index in [1.165, 1.54) is 6.42 Å². The van der Waals surface area contributed by atoms with Crippen LogP contribution in [0.15, 0.2) is 36.7 Å². The van der Waals surface area contributed by atoms with Crippen LogP contribution in [0.5, 0.6) is 0 Å². The van der Waals surface area contributed by atoms with Crippen molar-refractivity contribution in [3.05, 3.63) is 42.2 Å². The quantitative estimate of drug-likeness (QED) is 0.433. The normalized spacial score (nSPS) is 26.3. The zero-order valence-corrected chi connectivity index (χ0v) is 11.7. The van der Waals surface area contributed by atoms with Gasteiger partial charge in [-0.3, -0.25) is 20.6 Å². The largest absolute Gasteiger partial charge is 0.358 e. The fourth-order valence-electron chi connectivity index (χ4n) is 2.84. The number of nitrogens with one attached hydrogen (secondary N) is 3. The minimum atomic E-state index is -0.232. The van der Waals surface area contributed by atoms with Crippen LogP contribution in [0.2, 0.25) is 0 Å². The summed E-state index contributed by atoms with van der Waals surface area (Å²) < 4.78 is 0. The average molecular weight is 288 g/mol. The second-order valence-corrected chi connectivity index (χ2v) is 5.58. The van der Waals surface area contributed by atoms with Gasteiger partial charge >= 0.3 is 0 Å². The molecule has 0 unspecified atom stereocenters. The first kappa shape index (κ1) is 13.1. The van der Waals surface area contributed by atoms with E-state index in [1.54, 1.807) is 24.5 Å². The van der Waals surface area contributed by atoms with Crippen LogP contribution in [0.25, 0.3) is 0 Å². The Morgan fingerprint density at radius 3 is 2.65 bits per heavy atom. The van der Waals surface area contributed by atoms with Crippen molar-refractivity contribution in [1.82, 2.24) is 21.2 Å². The molecule has 3 N–H and O–H groups in total. The average Bonchev–Trinajstić information content (AvgIpc) is 3.08. The van der Waals surface area contributed by atoms with Crippen LogP contribution in [0.3, 0.4) is 0 Å². The van der Waals surface area contributed by atoms with Crippen molar-refractivity contribution < 1.29 is 4.79 Å². The highest BCUT2D eigenvalue weighted by Crippen LogP contribution is 2.38. The molecule has 0 aromatic carbocycles. The number of nitrogens with zero attached hydrogens (tertiary/aromatic N) is 1. The molecule has 3 rings (SSSR count). The maximum atomic E-state index is 11.8. The van der Waals surface area contributed by atoms with Crippen LogP contribution in [0, 0.1) is 11.8 Å². The number of hydrogen-bond donors (Lipinski definition) is 3. The number of hydrogen-bond acceptors (Lipinski definition) is 3. The van der Waals surface area contributed by atoms with Gasteiger partial charge in [0, 0.05) is 24.0 Å². The topological polar surface area (TPSA) is 66.1 Å². The number of aromatic nitrogens is 1. The summed E-state index contributed by atoms with van der Waals surface area (Å²) in [6.07, 6.45) is 10.0. The van der Waals surface area contributed by atoms with Crippen LogP contribution >= 0.6 is 12.2 Å². The summed E-state index contributed by atoms with van der Waals surface area (Å²) in [5, 5.41) is 3.72. The zero-order chi connectivity index (χ0) is 13.9. The SMILES string of the molecule is O=C(NNC(=S)N[C@H]1C[C@H]2C=C[C@H]1C2)c1ccncc1. The first-order chi connectivity index (χ1) is 9.72. The molecular formula is C14H16N4OS. The smallest absolute Gasteiger partial charge is 0.269 e. The summed E-state index contributed by atoms with van der Waals surface area (Å²) >= 11 is 5.20. The molecule has 0 spiro atoms. The van der Waals surface area contributed by atoms with Crippen molar-refractivity contribution in [1.29, 1.82) is 0 Å². The first-order valence-corrected chi connectivity index (χ1v) is 7.08. The Hall–Kier alpha value is -1.95. The van der Waals surface area contributed by atoms with Gasteiger partial charge in [-0.1, -0.05) is 12.2 Å². The van der Waals surface area contributed by atoms with E-state index in [2.05, 4.69) is 33.3 Å². The molecule has 6 heteroatoms. The Kier molecular flexibility index (Phi) is 3.64. The van der Waals surface area contributed by atoms with Gasteiger partial charge in [0.1, 0.15) is 0 Å². The predicted molar refractivity (Wildman–Crippen MR) is 79.7 cm³/mol. The van der Waals surface area contributed by atoms with Gasteiger partial charge in [-0.25, -0.2) is 0 Å². The van der Waals surface area contributed by atoms with Crippen LogP contribution in [-0.2, 0) is 0 Å². The van der Waals surface area contributed by atoms with E-state index >= 15 is 0 Å². The highest BCUT2D eigenvalue weighted by molar-refractivity contribution is 7.80. The van der Waals surface area contributed by atoms with Gasteiger partial charge in [0.05, 0.1) is 0 Å². The highest BCUT2D eigenvalue weighted by atomic mass is 32.1. The Bertz CT molecular complexity index is 545. The molecule has 5 nitrogen and oxygen atoms in total. The molecule has 2 bridgehead atoms. The van der Waals surface area contributed by atoms with Crippen LogP contribution in [-0.4, -0.2) is 22.0 Å². The van der Waals surface area contributed by atoms with Gasteiger partial charge in [0.25, 0.3) is 5.91 Å². The van der Waals surface area contributed by atoms with Crippen LogP contribution in [0.4, 0.5) is 0 Å². The minimum Gasteiger partial charge on any atom is -0.358 e. The van der Waals surface area contributed by atoms with Crippen molar-refractivity contribution >= 4 is 23.2 Å². The minimum absolute atomic E-state index is 0.232. The molecule has 20 heavy (non-hydrogen) atoms. The number of pyridine rings is 1. The van der Waals surface area contributed by atoms with Crippen molar-refractivity contribution in [2.75, 3.05) is 0 Å². The number of rotatable bonds is 2. The number of fused-ring (bicyclic) bond motifs is 2. The van der Waals surface area contributed by atoms with E-state index in [9.17, 15) is 4.79 Å². The summed E-state index contributed by atoms with van der Waals surface area (Å²) in [6, 6.07) is 3.67. The molecule has 0 saturated heterocycles. The van der Waals surface area contributed by atoms with Gasteiger partial charge < -0.3 is 5.32 Å². The summed E-state index contributed by atoms with van der Waals surface area (Å²) in [5.74, 6) is 1.02. The summed E-state index contributed by atoms with van der Waals surface area (Å²) in [5.41, 5.74) is 5.86. The standard InChI is InChI=1S/C14H16N4OS/c19-13(10-3-5-15-6-4-10)17-18-14(20)16-12-8-9-1-2-11(12)7-9/h1-6,9,11-12H,7-8H2,(H,17,19)(H2,16,18,20)/t9-,11-,12-/m0/s1. The predicted octanol–water partition coefficient (Wildman–Crippen LogP) is 1.16. The molecule has 0 radical (unpaired) electrons. The lowest BCUT2D eigenvalue weighted by atomic mass is 10.0. The van der Waals surface area contributed by atoms with Crippen molar-refractivity contribution in [3.8, 4) is 0 Å². The molecule has 1 saturated carbocycles. The Morgan fingerprint density at radius 2 is 2.00 bits per heavy atom. The molecular weight excluding hydrogens is 272 g/mol. The van der Waals surface area contributed by atoms with Crippen LogP contribution < -0.4 is 16.2 Å². The van der Waals surface area contributed by atoms with E-state index in [1.807, 2.05) is 0 Å². The molecule has 1 aromatic rings. The number of carbonyl (C=O) groups is 1. The molecule has 3 atom stereocenters. The fourth-order valence-corrected chi connectivity index (χ4v) is 3.04. The van der Waals surface area contributed by atoms with E-state index in [0.717, 1.165) is 6.42 Å². The maximum Gasteiger partial charge on any atom is 0.269 e. The third-order valence-corrected chi connectivity index (χ3v) is 4.05. The van der Waals surface area contributed by atoms with Crippen LogP contribution in [0.1, 0.15) is 23.2 Å². The van der Waals surface area contributed by atoms with Gasteiger partial charge in [0.15, 0.2) is 5.11 Å².